The minimum Gasteiger partial charge on any atom is -0.322 e. The van der Waals surface area contributed by atoms with Gasteiger partial charge in [-0.2, -0.15) is 9.78 Å². The molecule has 0 radical (unpaired) electrons. The molecule has 0 N–H and O–H groups in total. The molecule has 130 valence electrons. The minimum atomic E-state index is 0.629. The van der Waals surface area contributed by atoms with E-state index in [1.165, 1.54) is 0 Å². The standard InChI is InChI=1S/C20H14N6S/c1-13-22-19-15-6-2-3-7-17(15)23-20(26(19)24-13)27-12-14-11-25-9-5-4-8-18(25)16(14)10-21/h2-9,11H,12H2,1H3. The molecule has 4 aromatic heterocycles. The fourth-order valence-corrected chi connectivity index (χ4v) is 4.20. The number of para-hydroxylation sites is 1. The van der Waals surface area contributed by atoms with Crippen LogP contribution in [0.5, 0.6) is 0 Å². The Bertz CT molecular complexity index is 1360. The third-order valence-electron chi connectivity index (χ3n) is 4.49. The van der Waals surface area contributed by atoms with Crippen LogP contribution in [0.1, 0.15) is 17.0 Å². The molecule has 0 aliphatic carbocycles. The molecule has 6 nitrogen and oxygen atoms in total. The molecule has 5 rings (SSSR count). The minimum absolute atomic E-state index is 0.629. The summed E-state index contributed by atoms with van der Waals surface area (Å²) in [6.45, 7) is 1.88. The van der Waals surface area contributed by atoms with Gasteiger partial charge in [0, 0.05) is 23.5 Å². The van der Waals surface area contributed by atoms with Gasteiger partial charge in [-0.3, -0.25) is 0 Å². The van der Waals surface area contributed by atoms with Gasteiger partial charge in [0.2, 0.25) is 0 Å². The molecule has 0 atom stereocenters. The average Bonchev–Trinajstić information content (AvgIpc) is 3.26. The molecule has 0 unspecified atom stereocenters. The molecule has 4 heterocycles. The summed E-state index contributed by atoms with van der Waals surface area (Å²) >= 11 is 1.56. The first kappa shape index (κ1) is 15.9. The maximum Gasteiger partial charge on any atom is 0.191 e. The molecular formula is C20H14N6S. The van der Waals surface area contributed by atoms with Crippen LogP contribution >= 0.6 is 11.8 Å². The van der Waals surface area contributed by atoms with Crippen LogP contribution in [-0.2, 0) is 5.75 Å². The van der Waals surface area contributed by atoms with Crippen LogP contribution in [0.15, 0.2) is 60.0 Å². The predicted molar refractivity (Wildman–Crippen MR) is 105 cm³/mol. The number of rotatable bonds is 3. The van der Waals surface area contributed by atoms with Crippen LogP contribution in [0.4, 0.5) is 0 Å². The number of pyridine rings is 1. The van der Waals surface area contributed by atoms with E-state index < -0.39 is 0 Å². The van der Waals surface area contributed by atoms with Crippen LogP contribution in [-0.4, -0.2) is 24.0 Å². The van der Waals surface area contributed by atoms with Crippen LogP contribution in [0, 0.1) is 18.3 Å². The lowest BCUT2D eigenvalue weighted by molar-refractivity contribution is 0.797. The van der Waals surface area contributed by atoms with Crippen molar-refractivity contribution in [1.82, 2.24) is 24.0 Å². The van der Waals surface area contributed by atoms with Gasteiger partial charge >= 0.3 is 0 Å². The SMILES string of the molecule is Cc1nc2c3ccccc3nc(SCc3cn4ccccc4c3C#N)n2n1. The number of nitrogens with zero attached hydrogens (tertiary/aromatic N) is 6. The number of hydrogen-bond donors (Lipinski definition) is 0. The number of thioether (sulfide) groups is 1. The van der Waals surface area contributed by atoms with Gasteiger partial charge in [0.15, 0.2) is 10.8 Å². The lowest BCUT2D eigenvalue weighted by Gasteiger charge is -2.05. The monoisotopic (exact) mass is 370 g/mol. The van der Waals surface area contributed by atoms with Crippen molar-refractivity contribution in [3.63, 3.8) is 0 Å². The predicted octanol–water partition coefficient (Wildman–Crippen LogP) is 4.00. The van der Waals surface area contributed by atoms with Crippen LogP contribution in [0.2, 0.25) is 0 Å². The Morgan fingerprint density at radius 1 is 1.11 bits per heavy atom. The van der Waals surface area contributed by atoms with Gasteiger partial charge < -0.3 is 4.40 Å². The summed E-state index contributed by atoms with van der Waals surface area (Å²) in [4.78, 5) is 9.34. The van der Waals surface area contributed by atoms with E-state index in [0.29, 0.717) is 17.1 Å². The van der Waals surface area contributed by atoms with Gasteiger partial charge in [0.05, 0.1) is 16.6 Å². The van der Waals surface area contributed by atoms with Crippen molar-refractivity contribution in [3.8, 4) is 6.07 Å². The van der Waals surface area contributed by atoms with Gasteiger partial charge in [-0.25, -0.2) is 9.97 Å². The lowest BCUT2D eigenvalue weighted by Crippen LogP contribution is -1.98. The second kappa shape index (κ2) is 6.11. The highest BCUT2D eigenvalue weighted by atomic mass is 32.2. The van der Waals surface area contributed by atoms with E-state index in [9.17, 15) is 5.26 Å². The largest absolute Gasteiger partial charge is 0.322 e. The summed E-state index contributed by atoms with van der Waals surface area (Å²) in [5, 5.41) is 15.9. The molecule has 0 saturated carbocycles. The van der Waals surface area contributed by atoms with Gasteiger partial charge in [-0.1, -0.05) is 30.0 Å². The zero-order valence-corrected chi connectivity index (χ0v) is 15.3. The van der Waals surface area contributed by atoms with Crippen molar-refractivity contribution in [1.29, 1.82) is 5.26 Å². The van der Waals surface area contributed by atoms with Gasteiger partial charge in [-0.15, -0.1) is 5.10 Å². The topological polar surface area (TPSA) is 71.3 Å². The summed E-state index contributed by atoms with van der Waals surface area (Å²) in [5.41, 5.74) is 4.30. The Balaban J connectivity index is 1.60. The van der Waals surface area contributed by atoms with Crippen molar-refractivity contribution in [3.05, 3.63) is 71.8 Å². The van der Waals surface area contributed by atoms with E-state index in [2.05, 4.69) is 16.2 Å². The Morgan fingerprint density at radius 2 is 1.96 bits per heavy atom. The molecule has 0 saturated heterocycles. The second-order valence-corrected chi connectivity index (χ2v) is 7.17. The molecule has 0 aliphatic heterocycles. The molecule has 5 aromatic rings. The number of benzene rings is 1. The van der Waals surface area contributed by atoms with Gasteiger partial charge in [0.25, 0.3) is 0 Å². The number of nitriles is 1. The number of hydrogen-bond acceptors (Lipinski definition) is 5. The normalized spacial score (nSPS) is 11.4. The first-order valence-corrected chi connectivity index (χ1v) is 9.47. The van der Waals surface area contributed by atoms with E-state index in [1.807, 2.05) is 66.2 Å². The first-order chi connectivity index (χ1) is 13.2. The zero-order valence-electron chi connectivity index (χ0n) is 14.5. The van der Waals surface area contributed by atoms with Crippen molar-refractivity contribution in [2.45, 2.75) is 17.8 Å². The van der Waals surface area contributed by atoms with E-state index >= 15 is 0 Å². The lowest BCUT2D eigenvalue weighted by atomic mass is 10.2. The van der Waals surface area contributed by atoms with Crippen molar-refractivity contribution >= 4 is 33.8 Å². The van der Waals surface area contributed by atoms with Crippen molar-refractivity contribution in [2.75, 3.05) is 0 Å². The molecular weight excluding hydrogens is 356 g/mol. The van der Waals surface area contributed by atoms with Crippen LogP contribution in [0.25, 0.3) is 22.1 Å². The Hall–Kier alpha value is -3.37. The number of aryl methyl sites for hydroxylation is 1. The third kappa shape index (κ3) is 2.54. The fraction of sp³-hybridized carbons (Fsp3) is 0.100. The highest BCUT2D eigenvalue weighted by molar-refractivity contribution is 7.98. The highest BCUT2D eigenvalue weighted by Crippen LogP contribution is 2.28. The zero-order chi connectivity index (χ0) is 18.4. The average molecular weight is 370 g/mol. The quantitative estimate of drug-likeness (QED) is 0.354. The van der Waals surface area contributed by atoms with Crippen LogP contribution in [0.3, 0.4) is 0 Å². The Kier molecular flexibility index (Phi) is 3.59. The molecule has 7 heteroatoms. The number of aromatic nitrogens is 5. The first-order valence-electron chi connectivity index (χ1n) is 8.48. The fourth-order valence-electron chi connectivity index (χ4n) is 3.29. The molecule has 0 bridgehead atoms. The Labute approximate surface area is 159 Å². The molecule has 1 aromatic carbocycles. The highest BCUT2D eigenvalue weighted by Gasteiger charge is 2.15. The van der Waals surface area contributed by atoms with Gasteiger partial charge in [0.1, 0.15) is 11.9 Å². The molecule has 0 fully saturated rings. The molecule has 0 amide bonds. The molecule has 0 aliphatic rings. The summed E-state index contributed by atoms with van der Waals surface area (Å²) in [7, 11) is 0. The van der Waals surface area contributed by atoms with E-state index in [-0.39, 0.29) is 0 Å². The van der Waals surface area contributed by atoms with Gasteiger partial charge in [-0.05, 0) is 36.8 Å². The second-order valence-electron chi connectivity index (χ2n) is 6.23. The van der Waals surface area contributed by atoms with Crippen molar-refractivity contribution in [2.24, 2.45) is 0 Å². The maximum absolute atomic E-state index is 9.60. The molecule has 27 heavy (non-hydrogen) atoms. The maximum atomic E-state index is 9.60. The third-order valence-corrected chi connectivity index (χ3v) is 5.46. The molecule has 0 spiro atoms. The summed E-state index contributed by atoms with van der Waals surface area (Å²) in [6.07, 6.45) is 3.96. The van der Waals surface area contributed by atoms with E-state index in [0.717, 1.165) is 32.8 Å². The Morgan fingerprint density at radius 3 is 2.85 bits per heavy atom. The van der Waals surface area contributed by atoms with E-state index in [1.54, 1.807) is 16.3 Å². The van der Waals surface area contributed by atoms with Crippen LogP contribution < -0.4 is 0 Å². The van der Waals surface area contributed by atoms with E-state index in [4.69, 9.17) is 4.98 Å². The number of fused-ring (bicyclic) bond motifs is 4. The summed E-state index contributed by atoms with van der Waals surface area (Å²) in [5.74, 6) is 1.34. The van der Waals surface area contributed by atoms with Crippen molar-refractivity contribution < 1.29 is 0 Å². The summed E-state index contributed by atoms with van der Waals surface area (Å²) in [6, 6.07) is 16.1. The smallest absolute Gasteiger partial charge is 0.191 e. The summed E-state index contributed by atoms with van der Waals surface area (Å²) < 4.78 is 3.78.